The van der Waals surface area contributed by atoms with Crippen LogP contribution in [0.2, 0.25) is 0 Å². The number of carbonyl (C=O) groups is 3. The molecule has 0 heterocycles. The molecule has 370 valence electrons. The molecule has 0 aromatic rings. The number of carbonyl (C=O) groups excluding carboxylic acids is 3. The Labute approximate surface area is 394 Å². The Hall–Kier alpha value is -2.97. The van der Waals surface area contributed by atoms with E-state index in [1.165, 1.54) is 116 Å². The van der Waals surface area contributed by atoms with E-state index < -0.39 is 18.1 Å². The Morgan fingerprint density at radius 2 is 0.875 bits per heavy atom. The first-order chi connectivity index (χ1) is 31.1. The van der Waals surface area contributed by atoms with Crippen LogP contribution in [0.4, 0.5) is 0 Å². The number of quaternary nitrogens is 1. The molecule has 8 nitrogen and oxygen atoms in total. The van der Waals surface area contributed by atoms with Gasteiger partial charge in [-0.05, 0) is 57.8 Å². The van der Waals surface area contributed by atoms with Gasteiger partial charge in [-0.2, -0.15) is 0 Å². The molecule has 2 atom stereocenters. The topological polar surface area (TPSA) is 102 Å². The van der Waals surface area contributed by atoms with Gasteiger partial charge in [0.2, 0.25) is 0 Å². The number of likely N-dealkylation sites (N-methyl/N-ethyl adjacent to an activating group) is 1. The van der Waals surface area contributed by atoms with Crippen LogP contribution >= 0.6 is 0 Å². The van der Waals surface area contributed by atoms with Crippen molar-refractivity contribution in [3.63, 3.8) is 0 Å². The van der Waals surface area contributed by atoms with E-state index in [1.54, 1.807) is 21.1 Å². The number of ether oxygens (including phenoxy) is 3. The van der Waals surface area contributed by atoms with Gasteiger partial charge in [0.1, 0.15) is 12.6 Å². The van der Waals surface area contributed by atoms with E-state index in [2.05, 4.69) is 74.6 Å². The fourth-order valence-corrected chi connectivity index (χ4v) is 7.63. The van der Waals surface area contributed by atoms with E-state index >= 15 is 0 Å². The molecule has 0 aromatic carbocycles. The number of carboxylic acid groups (broad SMARTS) is 1. The zero-order valence-corrected chi connectivity index (χ0v) is 42.2. The highest BCUT2D eigenvalue weighted by atomic mass is 16.6. The lowest BCUT2D eigenvalue weighted by atomic mass is 10.0. The Bertz CT molecular complexity index is 1230. The van der Waals surface area contributed by atoms with E-state index in [4.69, 9.17) is 14.2 Å². The maximum Gasteiger partial charge on any atom is 0.306 e. The third-order valence-corrected chi connectivity index (χ3v) is 11.7. The normalized spacial score (nSPS) is 13.3. The second kappa shape index (κ2) is 46.6. The van der Waals surface area contributed by atoms with Crippen molar-refractivity contribution in [2.24, 2.45) is 0 Å². The predicted molar refractivity (Wildman–Crippen MR) is 268 cm³/mol. The van der Waals surface area contributed by atoms with Gasteiger partial charge in [-0.25, -0.2) is 0 Å². The van der Waals surface area contributed by atoms with Crippen LogP contribution in [0.5, 0.6) is 0 Å². The molecule has 0 bridgehead atoms. The number of aliphatic carboxylic acids is 1. The number of allylic oxidation sites excluding steroid dienone is 10. The molecule has 64 heavy (non-hydrogen) atoms. The Balaban J connectivity index is 4.27. The van der Waals surface area contributed by atoms with Crippen LogP contribution in [-0.4, -0.2) is 75.5 Å². The summed E-state index contributed by atoms with van der Waals surface area (Å²) in [6.07, 6.45) is 58.3. The summed E-state index contributed by atoms with van der Waals surface area (Å²) >= 11 is 0. The van der Waals surface area contributed by atoms with Crippen LogP contribution in [0.15, 0.2) is 60.8 Å². The summed E-state index contributed by atoms with van der Waals surface area (Å²) in [6.45, 7) is 4.54. The SMILES string of the molecule is CC/C=C/C/C=C/C/C=C/C/C=C/C/C=C/CCCCCC(=O)OC(COCCC(C(=O)[O-])[N+](C)(C)C)COC(=O)CCCCCCCCCCCCCCCCCCCCCCC. The average molecular weight is 898 g/mol. The molecule has 0 saturated heterocycles. The lowest BCUT2D eigenvalue weighted by molar-refractivity contribution is -0.889. The molecule has 8 heteroatoms. The minimum Gasteiger partial charge on any atom is -0.544 e. The minimum atomic E-state index is -1.13. The molecule has 2 unspecified atom stereocenters. The van der Waals surface area contributed by atoms with Crippen molar-refractivity contribution in [2.75, 3.05) is 41.0 Å². The average Bonchev–Trinajstić information content (AvgIpc) is 3.26. The molecule has 0 amide bonds. The second-order valence-corrected chi connectivity index (χ2v) is 18.7. The van der Waals surface area contributed by atoms with Crippen LogP contribution in [-0.2, 0) is 28.6 Å². The molecule has 0 fully saturated rings. The summed E-state index contributed by atoms with van der Waals surface area (Å²) in [5.41, 5.74) is 0. The maximum atomic E-state index is 12.8. The smallest absolute Gasteiger partial charge is 0.306 e. The van der Waals surface area contributed by atoms with Gasteiger partial charge in [0, 0.05) is 19.3 Å². The monoisotopic (exact) mass is 898 g/mol. The van der Waals surface area contributed by atoms with Crippen LogP contribution in [0, 0.1) is 0 Å². The molecular weight excluding hydrogens is 799 g/mol. The van der Waals surface area contributed by atoms with Crippen molar-refractivity contribution in [1.29, 1.82) is 0 Å². The summed E-state index contributed by atoms with van der Waals surface area (Å²) < 4.78 is 17.2. The largest absolute Gasteiger partial charge is 0.544 e. The minimum absolute atomic E-state index is 0.0271. The Morgan fingerprint density at radius 3 is 1.30 bits per heavy atom. The summed E-state index contributed by atoms with van der Waals surface area (Å²) in [6, 6.07) is -0.734. The Morgan fingerprint density at radius 1 is 0.484 bits per heavy atom. The maximum absolute atomic E-state index is 12.8. The van der Waals surface area contributed by atoms with Crippen molar-refractivity contribution in [3.8, 4) is 0 Å². The number of hydrogen-bond acceptors (Lipinski definition) is 7. The summed E-state index contributed by atoms with van der Waals surface area (Å²) in [5.74, 6) is -1.77. The predicted octanol–water partition coefficient (Wildman–Crippen LogP) is 14.0. The van der Waals surface area contributed by atoms with Gasteiger partial charge in [0.15, 0.2) is 6.10 Å². The number of unbranched alkanes of at least 4 members (excludes halogenated alkanes) is 23. The van der Waals surface area contributed by atoms with Gasteiger partial charge in [-0.1, -0.05) is 209 Å². The van der Waals surface area contributed by atoms with Gasteiger partial charge in [0.05, 0.1) is 40.3 Å². The first-order valence-electron chi connectivity index (χ1n) is 26.3. The second-order valence-electron chi connectivity index (χ2n) is 18.7. The highest BCUT2D eigenvalue weighted by Gasteiger charge is 2.25. The van der Waals surface area contributed by atoms with Crippen LogP contribution in [0.1, 0.15) is 226 Å². The molecule has 0 aliphatic heterocycles. The molecule has 0 N–H and O–H groups in total. The number of carboxylic acids is 1. The van der Waals surface area contributed by atoms with E-state index in [0.717, 1.165) is 70.6 Å². The third kappa shape index (κ3) is 44.2. The number of hydrogen-bond donors (Lipinski definition) is 0. The van der Waals surface area contributed by atoms with Crippen LogP contribution < -0.4 is 5.11 Å². The van der Waals surface area contributed by atoms with Crippen molar-refractivity contribution >= 4 is 17.9 Å². The fourth-order valence-electron chi connectivity index (χ4n) is 7.63. The highest BCUT2D eigenvalue weighted by Crippen LogP contribution is 2.16. The Kier molecular flexibility index (Phi) is 44.4. The van der Waals surface area contributed by atoms with Gasteiger partial charge in [-0.15, -0.1) is 0 Å². The van der Waals surface area contributed by atoms with Crippen molar-refractivity contribution < 1.29 is 38.2 Å². The highest BCUT2D eigenvalue weighted by molar-refractivity contribution is 5.70. The molecule has 0 rings (SSSR count). The molecule has 0 aliphatic rings. The van der Waals surface area contributed by atoms with Gasteiger partial charge in [0.25, 0.3) is 0 Å². The molecule has 0 saturated carbocycles. The van der Waals surface area contributed by atoms with E-state index in [-0.39, 0.29) is 49.1 Å². The fraction of sp³-hybridized carbons (Fsp3) is 0.768. The standard InChI is InChI=1S/C56H99NO7/c1-6-8-10-12-14-16-18-20-22-24-26-27-29-30-32-34-36-38-40-42-44-46-54(58)63-51-52(50-62-49-48-53(56(60)61)57(3,4)5)64-55(59)47-45-43-41-39-37-35-33-31-28-25-23-21-19-17-15-13-11-9-7-2/h9,11,15,17,21,23,28,31,35,37,52-53H,6-8,10,12-14,16,18-20,22,24-27,29-30,32-34,36,38-51H2,1-5H3/b11-9+,17-15+,23-21+,31-28+,37-35+. The number of esters is 2. The summed E-state index contributed by atoms with van der Waals surface area (Å²) in [4.78, 5) is 37.1. The molecule has 0 radical (unpaired) electrons. The molecule has 0 spiro atoms. The number of rotatable bonds is 47. The number of nitrogens with zero attached hydrogens (tertiary/aromatic N) is 1. The van der Waals surface area contributed by atoms with E-state index in [0.29, 0.717) is 12.8 Å². The zero-order valence-electron chi connectivity index (χ0n) is 42.2. The summed E-state index contributed by atoms with van der Waals surface area (Å²) in [7, 11) is 5.40. The summed E-state index contributed by atoms with van der Waals surface area (Å²) in [5, 5.41) is 11.7. The first kappa shape index (κ1) is 61.0. The van der Waals surface area contributed by atoms with Crippen molar-refractivity contribution in [3.05, 3.63) is 60.8 Å². The van der Waals surface area contributed by atoms with Crippen LogP contribution in [0.3, 0.4) is 0 Å². The van der Waals surface area contributed by atoms with Gasteiger partial charge < -0.3 is 28.6 Å². The van der Waals surface area contributed by atoms with Gasteiger partial charge >= 0.3 is 11.9 Å². The van der Waals surface area contributed by atoms with E-state index in [1.807, 2.05) is 0 Å². The molecule has 0 aromatic heterocycles. The first-order valence-corrected chi connectivity index (χ1v) is 26.3. The van der Waals surface area contributed by atoms with Gasteiger partial charge in [-0.3, -0.25) is 9.59 Å². The quantitative estimate of drug-likeness (QED) is 0.0259. The van der Waals surface area contributed by atoms with Crippen molar-refractivity contribution in [1.82, 2.24) is 0 Å². The van der Waals surface area contributed by atoms with Crippen LogP contribution in [0.25, 0.3) is 0 Å². The third-order valence-electron chi connectivity index (χ3n) is 11.7. The molecular formula is C56H99NO7. The zero-order chi connectivity index (χ0) is 47.0. The lowest BCUT2D eigenvalue weighted by Gasteiger charge is -2.34. The molecule has 0 aliphatic carbocycles. The lowest BCUT2D eigenvalue weighted by Crippen LogP contribution is -2.55. The van der Waals surface area contributed by atoms with E-state index in [9.17, 15) is 19.5 Å². The van der Waals surface area contributed by atoms with Crippen molar-refractivity contribution in [2.45, 2.75) is 238 Å².